The molecule has 0 bridgehead atoms. The molecule has 9 heavy (non-hydrogen) atoms. The SMILES string of the molecule is [CH2][N+]1(C)CCCCCC1. The van der Waals surface area contributed by atoms with E-state index in [2.05, 4.69) is 14.1 Å². The molecule has 1 aliphatic rings. The van der Waals surface area contributed by atoms with Gasteiger partial charge in [-0.05, 0) is 25.7 Å². The first-order chi connectivity index (χ1) is 4.21. The minimum Gasteiger partial charge on any atom is -0.321 e. The van der Waals surface area contributed by atoms with E-state index >= 15 is 0 Å². The first-order valence-corrected chi connectivity index (χ1v) is 3.90. The Morgan fingerprint density at radius 1 is 1.00 bits per heavy atom. The van der Waals surface area contributed by atoms with Crippen LogP contribution in [0.15, 0.2) is 0 Å². The summed E-state index contributed by atoms with van der Waals surface area (Å²) in [5.74, 6) is 0. The third-order valence-corrected chi connectivity index (χ3v) is 2.15. The van der Waals surface area contributed by atoms with Crippen molar-refractivity contribution in [3.8, 4) is 0 Å². The largest absolute Gasteiger partial charge is 0.321 e. The van der Waals surface area contributed by atoms with E-state index in [1.807, 2.05) is 0 Å². The van der Waals surface area contributed by atoms with Gasteiger partial charge in [-0.25, -0.2) is 0 Å². The maximum absolute atomic E-state index is 4.13. The highest BCUT2D eigenvalue weighted by atomic mass is 15.3. The summed E-state index contributed by atoms with van der Waals surface area (Å²) >= 11 is 0. The van der Waals surface area contributed by atoms with Crippen LogP contribution in [0.5, 0.6) is 0 Å². The van der Waals surface area contributed by atoms with E-state index in [-0.39, 0.29) is 0 Å². The number of nitrogens with zero attached hydrogens (tertiary/aromatic N) is 1. The fourth-order valence-electron chi connectivity index (χ4n) is 1.45. The summed E-state index contributed by atoms with van der Waals surface area (Å²) in [6, 6.07) is 0. The van der Waals surface area contributed by atoms with Gasteiger partial charge in [-0.2, -0.15) is 0 Å². The van der Waals surface area contributed by atoms with Crippen LogP contribution in [0.2, 0.25) is 0 Å². The van der Waals surface area contributed by atoms with Crippen molar-refractivity contribution >= 4 is 0 Å². The van der Waals surface area contributed by atoms with Crippen LogP contribution in [0.3, 0.4) is 0 Å². The lowest BCUT2D eigenvalue weighted by Crippen LogP contribution is -2.37. The predicted molar refractivity (Wildman–Crippen MR) is 39.7 cm³/mol. The summed E-state index contributed by atoms with van der Waals surface area (Å²) in [7, 11) is 6.35. The van der Waals surface area contributed by atoms with Crippen molar-refractivity contribution in [1.29, 1.82) is 0 Å². The molecule has 0 aliphatic carbocycles. The highest BCUT2D eigenvalue weighted by Crippen LogP contribution is 2.13. The van der Waals surface area contributed by atoms with Gasteiger partial charge in [0.25, 0.3) is 0 Å². The van der Waals surface area contributed by atoms with Crippen molar-refractivity contribution in [2.75, 3.05) is 20.1 Å². The third kappa shape index (κ3) is 2.35. The number of quaternary nitrogens is 1. The van der Waals surface area contributed by atoms with Gasteiger partial charge < -0.3 is 4.48 Å². The lowest BCUT2D eigenvalue weighted by molar-refractivity contribution is -0.865. The van der Waals surface area contributed by atoms with Crippen molar-refractivity contribution in [2.24, 2.45) is 0 Å². The van der Waals surface area contributed by atoms with Gasteiger partial charge in [0.2, 0.25) is 0 Å². The maximum Gasteiger partial charge on any atom is 0.128 e. The summed E-state index contributed by atoms with van der Waals surface area (Å²) in [6.45, 7) is 2.56. The molecule has 53 valence electrons. The molecule has 0 amide bonds. The van der Waals surface area contributed by atoms with Crippen LogP contribution in [0.1, 0.15) is 25.7 Å². The highest BCUT2D eigenvalue weighted by molar-refractivity contribution is 4.49. The maximum atomic E-state index is 4.13. The Hall–Kier alpha value is -0.0400. The molecule has 0 aromatic rings. The van der Waals surface area contributed by atoms with Gasteiger partial charge in [-0.1, -0.05) is 0 Å². The van der Waals surface area contributed by atoms with Gasteiger partial charge >= 0.3 is 0 Å². The standard InChI is InChI=1S/C8H17N/c1-9(2)7-5-3-4-6-8-9/h1,3-8H2,2H3/q+1. The molecule has 0 atom stereocenters. The Morgan fingerprint density at radius 3 is 1.89 bits per heavy atom. The second kappa shape index (κ2) is 2.70. The van der Waals surface area contributed by atoms with Gasteiger partial charge in [-0.15, -0.1) is 0 Å². The van der Waals surface area contributed by atoms with Crippen LogP contribution < -0.4 is 0 Å². The molecule has 1 heterocycles. The Balaban J connectivity index is 2.36. The zero-order valence-corrected chi connectivity index (χ0v) is 6.40. The molecule has 1 radical (unpaired) electrons. The first kappa shape index (κ1) is 7.07. The van der Waals surface area contributed by atoms with E-state index in [4.69, 9.17) is 0 Å². The minimum atomic E-state index is 1.00. The fourth-order valence-corrected chi connectivity index (χ4v) is 1.45. The van der Waals surface area contributed by atoms with Crippen LogP contribution in [0.25, 0.3) is 0 Å². The number of likely N-dealkylation sites (tertiary alicyclic amines) is 1. The molecular weight excluding hydrogens is 110 g/mol. The summed E-state index contributed by atoms with van der Waals surface area (Å²) in [5, 5.41) is 0. The Labute approximate surface area is 58.3 Å². The monoisotopic (exact) mass is 127 g/mol. The number of hydrogen-bond acceptors (Lipinski definition) is 0. The Bertz CT molecular complexity index is 76.6. The van der Waals surface area contributed by atoms with Crippen LogP contribution in [0, 0.1) is 7.05 Å². The molecule has 1 saturated heterocycles. The summed E-state index contributed by atoms with van der Waals surface area (Å²) in [4.78, 5) is 0. The van der Waals surface area contributed by atoms with E-state index in [0.29, 0.717) is 0 Å². The molecule has 0 saturated carbocycles. The van der Waals surface area contributed by atoms with E-state index in [1.54, 1.807) is 0 Å². The molecule has 0 spiro atoms. The second-order valence-electron chi connectivity index (χ2n) is 3.48. The molecule has 1 rings (SSSR count). The molecule has 1 nitrogen and oxygen atoms in total. The van der Waals surface area contributed by atoms with Gasteiger partial charge in [-0.3, -0.25) is 0 Å². The molecular formula is C8H17N+. The predicted octanol–water partition coefficient (Wildman–Crippen LogP) is 1.80. The molecule has 0 unspecified atom stereocenters. The molecule has 1 fully saturated rings. The third-order valence-electron chi connectivity index (χ3n) is 2.15. The van der Waals surface area contributed by atoms with Crippen LogP contribution in [-0.4, -0.2) is 24.6 Å². The van der Waals surface area contributed by atoms with Crippen molar-refractivity contribution in [3.05, 3.63) is 7.05 Å². The molecule has 1 aliphatic heterocycles. The molecule has 0 aromatic carbocycles. The minimum absolute atomic E-state index is 1.00. The van der Waals surface area contributed by atoms with Crippen molar-refractivity contribution in [1.82, 2.24) is 0 Å². The lowest BCUT2D eigenvalue weighted by atomic mass is 10.2. The highest BCUT2D eigenvalue weighted by Gasteiger charge is 2.16. The first-order valence-electron chi connectivity index (χ1n) is 3.90. The number of hydrogen-bond donors (Lipinski definition) is 0. The van der Waals surface area contributed by atoms with Gasteiger partial charge in [0, 0.05) is 0 Å². The average molecular weight is 127 g/mol. The number of rotatable bonds is 0. The molecule has 1 heteroatoms. The Morgan fingerprint density at radius 2 is 1.44 bits per heavy atom. The van der Waals surface area contributed by atoms with E-state index in [0.717, 1.165) is 4.48 Å². The van der Waals surface area contributed by atoms with Crippen molar-refractivity contribution < 1.29 is 4.48 Å². The van der Waals surface area contributed by atoms with Gasteiger partial charge in [0.1, 0.15) is 7.05 Å². The Kier molecular flexibility index (Phi) is 2.12. The molecule has 0 N–H and O–H groups in total. The van der Waals surface area contributed by atoms with E-state index < -0.39 is 0 Å². The van der Waals surface area contributed by atoms with E-state index in [9.17, 15) is 0 Å². The lowest BCUT2D eigenvalue weighted by Gasteiger charge is -2.26. The van der Waals surface area contributed by atoms with Crippen molar-refractivity contribution in [3.63, 3.8) is 0 Å². The fraction of sp³-hybridized carbons (Fsp3) is 0.875. The smallest absolute Gasteiger partial charge is 0.128 e. The van der Waals surface area contributed by atoms with Crippen molar-refractivity contribution in [2.45, 2.75) is 25.7 Å². The summed E-state index contributed by atoms with van der Waals surface area (Å²) in [5.41, 5.74) is 0. The zero-order chi connectivity index (χ0) is 6.74. The van der Waals surface area contributed by atoms with Crippen LogP contribution >= 0.6 is 0 Å². The average Bonchev–Trinajstić information content (AvgIpc) is 1.92. The van der Waals surface area contributed by atoms with Gasteiger partial charge in [0.15, 0.2) is 0 Å². The quantitative estimate of drug-likeness (QED) is 0.435. The zero-order valence-electron chi connectivity index (χ0n) is 6.40. The second-order valence-corrected chi connectivity index (χ2v) is 3.48. The summed E-state index contributed by atoms with van der Waals surface area (Å²) < 4.78 is 1.00. The van der Waals surface area contributed by atoms with Crippen LogP contribution in [-0.2, 0) is 0 Å². The topological polar surface area (TPSA) is 0 Å². The van der Waals surface area contributed by atoms with Crippen LogP contribution in [0.4, 0.5) is 0 Å². The van der Waals surface area contributed by atoms with Gasteiger partial charge in [0.05, 0.1) is 20.1 Å². The summed E-state index contributed by atoms with van der Waals surface area (Å²) in [6.07, 6.45) is 5.59. The van der Waals surface area contributed by atoms with E-state index in [1.165, 1.54) is 38.8 Å². The normalized spacial score (nSPS) is 27.3. The molecule has 0 aromatic heterocycles.